The van der Waals surface area contributed by atoms with Crippen molar-refractivity contribution in [2.75, 3.05) is 6.54 Å². The van der Waals surface area contributed by atoms with Crippen LogP contribution in [-0.2, 0) is 11.2 Å². The van der Waals surface area contributed by atoms with Crippen molar-refractivity contribution in [3.05, 3.63) is 35.6 Å². The van der Waals surface area contributed by atoms with E-state index < -0.39 is 0 Å². The van der Waals surface area contributed by atoms with E-state index in [-0.39, 0.29) is 23.8 Å². The topological polar surface area (TPSA) is 41.1 Å². The maximum absolute atomic E-state index is 12.8. The lowest BCUT2D eigenvalue weighted by atomic mass is 10.0. The second-order valence-electron chi connectivity index (χ2n) is 5.24. The molecular formula is C15H21FN2O. The van der Waals surface area contributed by atoms with Crippen LogP contribution in [0.3, 0.4) is 0 Å². The van der Waals surface area contributed by atoms with Crippen LogP contribution in [0.15, 0.2) is 24.3 Å². The SMILES string of the molecule is C[C@H](Cc1ccc(F)cc1)N[C@@H]1CCCCNC1=O. The van der Waals surface area contributed by atoms with Crippen molar-refractivity contribution in [2.24, 2.45) is 0 Å². The summed E-state index contributed by atoms with van der Waals surface area (Å²) in [6, 6.07) is 6.62. The van der Waals surface area contributed by atoms with Crippen molar-refractivity contribution in [3.8, 4) is 0 Å². The molecule has 0 aromatic heterocycles. The monoisotopic (exact) mass is 264 g/mol. The molecule has 3 nitrogen and oxygen atoms in total. The van der Waals surface area contributed by atoms with Gasteiger partial charge in [-0.05, 0) is 50.3 Å². The molecular weight excluding hydrogens is 243 g/mol. The first kappa shape index (κ1) is 14.0. The summed E-state index contributed by atoms with van der Waals surface area (Å²) in [5, 5.41) is 6.29. The molecule has 1 aromatic rings. The van der Waals surface area contributed by atoms with Gasteiger partial charge in [0.1, 0.15) is 5.82 Å². The summed E-state index contributed by atoms with van der Waals surface area (Å²) in [4.78, 5) is 11.8. The van der Waals surface area contributed by atoms with Crippen LogP contribution in [-0.4, -0.2) is 24.5 Å². The van der Waals surface area contributed by atoms with Gasteiger partial charge in [-0.3, -0.25) is 4.79 Å². The Hall–Kier alpha value is -1.42. The first-order valence-electron chi connectivity index (χ1n) is 6.93. The van der Waals surface area contributed by atoms with Crippen LogP contribution in [0.2, 0.25) is 0 Å². The van der Waals surface area contributed by atoms with Crippen molar-refractivity contribution < 1.29 is 9.18 Å². The zero-order valence-corrected chi connectivity index (χ0v) is 11.3. The van der Waals surface area contributed by atoms with Crippen LogP contribution in [0.1, 0.15) is 31.7 Å². The number of benzene rings is 1. The van der Waals surface area contributed by atoms with E-state index in [9.17, 15) is 9.18 Å². The number of halogens is 1. The van der Waals surface area contributed by atoms with Gasteiger partial charge in [-0.1, -0.05) is 12.1 Å². The summed E-state index contributed by atoms with van der Waals surface area (Å²) in [6.45, 7) is 2.84. The minimum atomic E-state index is -0.215. The normalized spacial score (nSPS) is 21.6. The predicted molar refractivity (Wildman–Crippen MR) is 73.4 cm³/mol. The Morgan fingerprint density at radius 2 is 2.11 bits per heavy atom. The molecule has 0 aliphatic carbocycles. The van der Waals surface area contributed by atoms with Crippen molar-refractivity contribution in [1.29, 1.82) is 0 Å². The molecule has 2 rings (SSSR count). The van der Waals surface area contributed by atoms with Gasteiger partial charge >= 0.3 is 0 Å². The molecule has 1 aromatic carbocycles. The third-order valence-electron chi connectivity index (χ3n) is 3.48. The van der Waals surface area contributed by atoms with E-state index in [2.05, 4.69) is 17.6 Å². The zero-order chi connectivity index (χ0) is 13.7. The van der Waals surface area contributed by atoms with Crippen molar-refractivity contribution in [1.82, 2.24) is 10.6 Å². The van der Waals surface area contributed by atoms with E-state index in [4.69, 9.17) is 0 Å². The van der Waals surface area contributed by atoms with E-state index in [0.717, 1.165) is 37.8 Å². The summed E-state index contributed by atoms with van der Waals surface area (Å²) >= 11 is 0. The number of carbonyl (C=O) groups is 1. The number of amides is 1. The van der Waals surface area contributed by atoms with Crippen molar-refractivity contribution in [2.45, 2.75) is 44.7 Å². The first-order valence-corrected chi connectivity index (χ1v) is 6.93. The molecule has 0 unspecified atom stereocenters. The van der Waals surface area contributed by atoms with Gasteiger partial charge in [0.15, 0.2) is 0 Å². The fourth-order valence-electron chi connectivity index (χ4n) is 2.47. The highest BCUT2D eigenvalue weighted by atomic mass is 19.1. The third kappa shape index (κ3) is 4.31. The smallest absolute Gasteiger partial charge is 0.237 e. The van der Waals surface area contributed by atoms with Crippen molar-refractivity contribution >= 4 is 5.91 Å². The Bertz CT molecular complexity index is 419. The van der Waals surface area contributed by atoms with Gasteiger partial charge < -0.3 is 10.6 Å². The molecule has 2 N–H and O–H groups in total. The van der Waals surface area contributed by atoms with Gasteiger partial charge in [0.2, 0.25) is 5.91 Å². The standard InChI is InChI=1S/C15H21FN2O/c1-11(10-12-5-7-13(16)8-6-12)18-14-4-2-3-9-17-15(14)19/h5-8,11,14,18H,2-4,9-10H2,1H3,(H,17,19)/t11-,14-/m1/s1. The van der Waals surface area contributed by atoms with E-state index in [1.807, 2.05) is 0 Å². The maximum atomic E-state index is 12.8. The number of nitrogens with one attached hydrogen (secondary N) is 2. The van der Waals surface area contributed by atoms with Gasteiger partial charge in [0, 0.05) is 12.6 Å². The van der Waals surface area contributed by atoms with E-state index in [1.165, 1.54) is 12.1 Å². The molecule has 0 radical (unpaired) electrons. The molecule has 1 aliphatic heterocycles. The molecule has 0 spiro atoms. The van der Waals surface area contributed by atoms with Crippen LogP contribution in [0.5, 0.6) is 0 Å². The summed E-state index contributed by atoms with van der Waals surface area (Å²) in [5.41, 5.74) is 1.08. The minimum Gasteiger partial charge on any atom is -0.355 e. The van der Waals surface area contributed by atoms with Crippen LogP contribution in [0, 0.1) is 5.82 Å². The van der Waals surface area contributed by atoms with Crippen LogP contribution < -0.4 is 10.6 Å². The molecule has 1 fully saturated rings. The van der Waals surface area contributed by atoms with Gasteiger partial charge in [-0.25, -0.2) is 4.39 Å². The predicted octanol–water partition coefficient (Wildman–Crippen LogP) is 2.02. The Labute approximate surface area is 113 Å². The Morgan fingerprint density at radius 1 is 1.37 bits per heavy atom. The lowest BCUT2D eigenvalue weighted by molar-refractivity contribution is -0.123. The van der Waals surface area contributed by atoms with E-state index >= 15 is 0 Å². The Kier molecular flexibility index (Phi) is 4.91. The molecule has 1 aliphatic rings. The summed E-state index contributed by atoms with van der Waals surface area (Å²) in [7, 11) is 0. The lowest BCUT2D eigenvalue weighted by Gasteiger charge is -2.21. The highest BCUT2D eigenvalue weighted by molar-refractivity contribution is 5.81. The molecule has 19 heavy (non-hydrogen) atoms. The largest absolute Gasteiger partial charge is 0.355 e. The highest BCUT2D eigenvalue weighted by Crippen LogP contribution is 2.09. The number of hydrogen-bond acceptors (Lipinski definition) is 2. The molecule has 2 atom stereocenters. The summed E-state index contributed by atoms with van der Waals surface area (Å²) in [5.74, 6) is -0.115. The second kappa shape index (κ2) is 6.66. The zero-order valence-electron chi connectivity index (χ0n) is 11.3. The number of carbonyl (C=O) groups excluding carboxylic acids is 1. The number of rotatable bonds is 4. The summed E-state index contributed by atoms with van der Waals surface area (Å²) in [6.07, 6.45) is 3.81. The fourth-order valence-corrected chi connectivity index (χ4v) is 2.47. The third-order valence-corrected chi connectivity index (χ3v) is 3.48. The molecule has 0 saturated carbocycles. The minimum absolute atomic E-state index is 0.0991. The van der Waals surface area contributed by atoms with E-state index in [1.54, 1.807) is 12.1 Å². The average Bonchev–Trinajstić information content (AvgIpc) is 2.58. The molecule has 104 valence electrons. The molecule has 1 saturated heterocycles. The Morgan fingerprint density at radius 3 is 2.84 bits per heavy atom. The average molecular weight is 264 g/mol. The highest BCUT2D eigenvalue weighted by Gasteiger charge is 2.21. The molecule has 1 amide bonds. The van der Waals surface area contributed by atoms with Crippen LogP contribution in [0.25, 0.3) is 0 Å². The number of hydrogen-bond donors (Lipinski definition) is 2. The van der Waals surface area contributed by atoms with E-state index in [0.29, 0.717) is 0 Å². The fraction of sp³-hybridized carbons (Fsp3) is 0.533. The lowest BCUT2D eigenvalue weighted by Crippen LogP contribution is -2.47. The van der Waals surface area contributed by atoms with Crippen molar-refractivity contribution in [3.63, 3.8) is 0 Å². The van der Waals surface area contributed by atoms with Gasteiger partial charge in [-0.15, -0.1) is 0 Å². The Balaban J connectivity index is 1.87. The second-order valence-corrected chi connectivity index (χ2v) is 5.24. The van der Waals surface area contributed by atoms with Gasteiger partial charge in [0.25, 0.3) is 0 Å². The quantitative estimate of drug-likeness (QED) is 0.873. The molecule has 1 heterocycles. The molecule has 0 bridgehead atoms. The maximum Gasteiger partial charge on any atom is 0.237 e. The first-order chi connectivity index (χ1) is 9.15. The molecule has 4 heteroatoms. The van der Waals surface area contributed by atoms with Crippen LogP contribution in [0.4, 0.5) is 4.39 Å². The summed E-state index contributed by atoms with van der Waals surface area (Å²) < 4.78 is 12.8. The van der Waals surface area contributed by atoms with Gasteiger partial charge in [0.05, 0.1) is 6.04 Å². The van der Waals surface area contributed by atoms with Gasteiger partial charge in [-0.2, -0.15) is 0 Å². The van der Waals surface area contributed by atoms with Crippen LogP contribution >= 0.6 is 0 Å².